The molecule has 0 radical (unpaired) electrons. The van der Waals surface area contributed by atoms with Crippen LogP contribution in [0, 0.1) is 0 Å². The molecule has 0 atom stereocenters. The Labute approximate surface area is 110 Å². The van der Waals surface area contributed by atoms with Crippen LogP contribution in [0.3, 0.4) is 0 Å². The molecule has 1 amide bonds. The smallest absolute Gasteiger partial charge is 0.326 e. The maximum Gasteiger partial charge on any atom is 0.341 e. The van der Waals surface area contributed by atoms with Gasteiger partial charge in [-0.25, -0.2) is 8.42 Å². The van der Waals surface area contributed by atoms with Gasteiger partial charge in [0.1, 0.15) is 0 Å². The third-order valence-corrected chi connectivity index (χ3v) is 3.86. The first kappa shape index (κ1) is 15.6. The SMILES string of the molecule is CCCCC(=O)Nc1ccc(S(=O)(=O)C(F)F)cc1. The van der Waals surface area contributed by atoms with Crippen LogP contribution in [0.2, 0.25) is 0 Å². The lowest BCUT2D eigenvalue weighted by molar-refractivity contribution is -0.116. The maximum absolute atomic E-state index is 12.3. The number of benzene rings is 1. The molecule has 0 aliphatic heterocycles. The monoisotopic (exact) mass is 291 g/mol. The number of amides is 1. The van der Waals surface area contributed by atoms with Gasteiger partial charge < -0.3 is 5.32 Å². The summed E-state index contributed by atoms with van der Waals surface area (Å²) in [5, 5.41) is 2.56. The molecule has 0 aromatic heterocycles. The van der Waals surface area contributed by atoms with Crippen LogP contribution in [-0.4, -0.2) is 20.1 Å². The summed E-state index contributed by atoms with van der Waals surface area (Å²) in [6.45, 7) is 1.96. The molecule has 7 heteroatoms. The molecular formula is C12H15F2NO3S. The van der Waals surface area contributed by atoms with Gasteiger partial charge in [-0.1, -0.05) is 13.3 Å². The molecule has 19 heavy (non-hydrogen) atoms. The van der Waals surface area contributed by atoms with E-state index in [1.807, 2.05) is 6.92 Å². The largest absolute Gasteiger partial charge is 0.341 e. The second kappa shape index (κ2) is 6.60. The highest BCUT2D eigenvalue weighted by atomic mass is 32.2. The van der Waals surface area contributed by atoms with Crippen LogP contribution < -0.4 is 5.32 Å². The second-order valence-corrected chi connectivity index (χ2v) is 5.90. The zero-order chi connectivity index (χ0) is 14.5. The van der Waals surface area contributed by atoms with Crippen LogP contribution >= 0.6 is 0 Å². The van der Waals surface area contributed by atoms with Gasteiger partial charge in [-0.3, -0.25) is 4.79 Å². The minimum atomic E-state index is -4.58. The number of carbonyl (C=O) groups excluding carboxylic acids is 1. The summed E-state index contributed by atoms with van der Waals surface area (Å²) in [5.41, 5.74) is 0.384. The van der Waals surface area contributed by atoms with Gasteiger partial charge in [0, 0.05) is 12.1 Å². The fourth-order valence-corrected chi connectivity index (χ4v) is 2.11. The van der Waals surface area contributed by atoms with Gasteiger partial charge in [0.25, 0.3) is 0 Å². The maximum atomic E-state index is 12.3. The fourth-order valence-electron chi connectivity index (χ4n) is 1.39. The molecule has 0 bridgehead atoms. The number of anilines is 1. The van der Waals surface area contributed by atoms with E-state index in [2.05, 4.69) is 5.32 Å². The summed E-state index contributed by atoms with van der Waals surface area (Å²) in [6, 6.07) is 4.69. The molecule has 4 nitrogen and oxygen atoms in total. The molecule has 0 spiro atoms. The van der Waals surface area contributed by atoms with Gasteiger partial charge in [-0.2, -0.15) is 8.78 Å². The van der Waals surface area contributed by atoms with E-state index in [1.165, 1.54) is 12.1 Å². The normalized spacial score (nSPS) is 11.6. The lowest BCUT2D eigenvalue weighted by Gasteiger charge is -2.06. The molecule has 0 aliphatic carbocycles. The van der Waals surface area contributed by atoms with Gasteiger partial charge >= 0.3 is 5.76 Å². The van der Waals surface area contributed by atoms with Crippen molar-refractivity contribution >= 4 is 21.4 Å². The van der Waals surface area contributed by atoms with Crippen molar-refractivity contribution in [1.82, 2.24) is 0 Å². The molecule has 0 unspecified atom stereocenters. The fraction of sp³-hybridized carbons (Fsp3) is 0.417. The molecule has 106 valence electrons. The van der Waals surface area contributed by atoms with Gasteiger partial charge in [0.05, 0.1) is 4.90 Å². The number of nitrogens with one attached hydrogen (secondary N) is 1. The van der Waals surface area contributed by atoms with Crippen LogP contribution in [-0.2, 0) is 14.6 Å². The molecular weight excluding hydrogens is 276 g/mol. The predicted molar refractivity (Wildman–Crippen MR) is 67.8 cm³/mol. The number of hydrogen-bond donors (Lipinski definition) is 1. The third kappa shape index (κ3) is 4.27. The van der Waals surface area contributed by atoms with Gasteiger partial charge in [0.2, 0.25) is 15.7 Å². The van der Waals surface area contributed by atoms with Crippen molar-refractivity contribution in [3.05, 3.63) is 24.3 Å². The van der Waals surface area contributed by atoms with Crippen molar-refractivity contribution in [2.75, 3.05) is 5.32 Å². The first-order chi connectivity index (χ1) is 8.87. The average molecular weight is 291 g/mol. The quantitative estimate of drug-likeness (QED) is 0.876. The highest BCUT2D eigenvalue weighted by Crippen LogP contribution is 2.20. The van der Waals surface area contributed by atoms with E-state index in [9.17, 15) is 22.0 Å². The van der Waals surface area contributed by atoms with Crippen LogP contribution in [0.5, 0.6) is 0 Å². The number of carbonyl (C=O) groups is 1. The second-order valence-electron chi connectivity index (χ2n) is 3.98. The Hall–Kier alpha value is -1.50. The summed E-state index contributed by atoms with van der Waals surface area (Å²) in [5.74, 6) is -3.64. The van der Waals surface area contributed by atoms with Crippen molar-refractivity contribution in [3.8, 4) is 0 Å². The first-order valence-electron chi connectivity index (χ1n) is 5.80. The number of alkyl halides is 2. The van der Waals surface area contributed by atoms with Crippen molar-refractivity contribution in [2.24, 2.45) is 0 Å². The van der Waals surface area contributed by atoms with E-state index in [0.717, 1.165) is 25.0 Å². The lowest BCUT2D eigenvalue weighted by atomic mass is 10.2. The topological polar surface area (TPSA) is 63.2 Å². The van der Waals surface area contributed by atoms with E-state index in [-0.39, 0.29) is 5.91 Å². The Morgan fingerprint density at radius 2 is 1.84 bits per heavy atom. The highest BCUT2D eigenvalue weighted by Gasteiger charge is 2.26. The molecule has 0 aliphatic rings. The number of hydrogen-bond acceptors (Lipinski definition) is 3. The Balaban J connectivity index is 2.75. The van der Waals surface area contributed by atoms with Crippen molar-refractivity contribution < 1.29 is 22.0 Å². The minimum absolute atomic E-state index is 0.189. The summed E-state index contributed by atoms with van der Waals surface area (Å²) in [6.07, 6.45) is 2.01. The first-order valence-corrected chi connectivity index (χ1v) is 7.34. The summed E-state index contributed by atoms with van der Waals surface area (Å²) in [4.78, 5) is 10.9. The Morgan fingerprint density at radius 1 is 1.26 bits per heavy atom. The standard InChI is InChI=1S/C12H15F2NO3S/c1-2-3-4-11(16)15-9-5-7-10(8-6-9)19(17,18)12(13)14/h5-8,12H,2-4H2,1H3,(H,15,16). The average Bonchev–Trinajstić information content (AvgIpc) is 2.36. The van der Waals surface area contributed by atoms with E-state index >= 15 is 0 Å². The van der Waals surface area contributed by atoms with Crippen molar-refractivity contribution in [1.29, 1.82) is 0 Å². The molecule has 1 aromatic rings. The van der Waals surface area contributed by atoms with Gasteiger partial charge in [-0.15, -0.1) is 0 Å². The van der Waals surface area contributed by atoms with Crippen molar-refractivity contribution in [3.63, 3.8) is 0 Å². The Kier molecular flexibility index (Phi) is 5.41. The Bertz CT molecular complexity index is 526. The van der Waals surface area contributed by atoms with E-state index in [1.54, 1.807) is 0 Å². The number of rotatable bonds is 6. The highest BCUT2D eigenvalue weighted by molar-refractivity contribution is 7.91. The summed E-state index contributed by atoms with van der Waals surface area (Å²) >= 11 is 0. The van der Waals surface area contributed by atoms with Crippen LogP contribution in [0.4, 0.5) is 14.5 Å². The van der Waals surface area contributed by atoms with Crippen LogP contribution in [0.1, 0.15) is 26.2 Å². The zero-order valence-corrected chi connectivity index (χ0v) is 11.2. The molecule has 0 saturated carbocycles. The number of unbranched alkanes of at least 4 members (excludes halogenated alkanes) is 1. The zero-order valence-electron chi connectivity index (χ0n) is 10.4. The van der Waals surface area contributed by atoms with Gasteiger partial charge in [0.15, 0.2) is 0 Å². The molecule has 0 heterocycles. The van der Waals surface area contributed by atoms with Crippen LogP contribution in [0.15, 0.2) is 29.2 Å². The minimum Gasteiger partial charge on any atom is -0.326 e. The summed E-state index contributed by atoms with van der Waals surface area (Å²) < 4.78 is 46.9. The van der Waals surface area contributed by atoms with Crippen LogP contribution in [0.25, 0.3) is 0 Å². The molecule has 1 aromatic carbocycles. The number of sulfone groups is 1. The van der Waals surface area contributed by atoms with Gasteiger partial charge in [-0.05, 0) is 30.7 Å². The molecule has 1 N–H and O–H groups in total. The van der Waals surface area contributed by atoms with E-state index < -0.39 is 20.5 Å². The molecule has 0 saturated heterocycles. The predicted octanol–water partition coefficient (Wildman–Crippen LogP) is 2.81. The lowest BCUT2D eigenvalue weighted by Crippen LogP contribution is -2.13. The number of halogens is 2. The molecule has 1 rings (SSSR count). The van der Waals surface area contributed by atoms with E-state index in [4.69, 9.17) is 0 Å². The Morgan fingerprint density at radius 3 is 2.32 bits per heavy atom. The third-order valence-electron chi connectivity index (χ3n) is 2.46. The molecule has 0 fully saturated rings. The van der Waals surface area contributed by atoms with E-state index in [0.29, 0.717) is 12.1 Å². The summed E-state index contributed by atoms with van der Waals surface area (Å²) in [7, 11) is -4.58. The van der Waals surface area contributed by atoms with Crippen molar-refractivity contribution in [2.45, 2.75) is 36.8 Å².